The minimum atomic E-state index is -4.79. The van der Waals surface area contributed by atoms with E-state index in [4.69, 9.17) is 9.47 Å². The summed E-state index contributed by atoms with van der Waals surface area (Å²) in [6.45, 7) is 16.4. The topological polar surface area (TPSA) is 46.6 Å². The van der Waals surface area contributed by atoms with Crippen LogP contribution in [0.5, 0.6) is 11.5 Å². The number of methoxy groups -OCH3 is 1. The van der Waals surface area contributed by atoms with Gasteiger partial charge in [0.2, 0.25) is 0 Å². The maximum absolute atomic E-state index is 13.8. The van der Waals surface area contributed by atoms with Gasteiger partial charge >= 0.3 is 6.18 Å². The highest BCUT2D eigenvalue weighted by molar-refractivity contribution is 5.89. The van der Waals surface area contributed by atoms with Crippen molar-refractivity contribution in [3.8, 4) is 11.5 Å². The van der Waals surface area contributed by atoms with Gasteiger partial charge in [-0.15, -0.1) is 0 Å². The Kier molecular flexibility index (Phi) is 8.72. The third-order valence-corrected chi connectivity index (χ3v) is 6.63. The summed E-state index contributed by atoms with van der Waals surface area (Å²) in [6, 6.07) is 8.18. The summed E-state index contributed by atoms with van der Waals surface area (Å²) in [5.41, 5.74) is 1.64. The summed E-state index contributed by atoms with van der Waals surface area (Å²) in [5.74, 6) is 0.140. The molecule has 0 aliphatic rings. The predicted molar refractivity (Wildman–Crippen MR) is 148 cm³/mol. The lowest BCUT2D eigenvalue weighted by Crippen LogP contribution is -2.43. The van der Waals surface area contributed by atoms with E-state index < -0.39 is 29.0 Å². The van der Waals surface area contributed by atoms with Crippen LogP contribution in [-0.4, -0.2) is 42.7 Å². The standard InChI is InChI=1S/C30H37F4N3O2/c1-17-14-26(22-11-13-25(38-9)19(3)27(22)35-17)39-18(2)16-37(8)20(4)28(29(5,6)7)36-21-10-12-24(31)23(15-21)30(32,33)34/h10-15,18,28,36H,4,16H2,1-3,5-9H3. The minimum absolute atomic E-state index is 0.159. The van der Waals surface area contributed by atoms with Gasteiger partial charge in [0.25, 0.3) is 0 Å². The molecule has 9 heteroatoms. The molecule has 2 unspecified atom stereocenters. The van der Waals surface area contributed by atoms with Crippen LogP contribution in [0.4, 0.5) is 23.2 Å². The molecule has 3 aromatic rings. The quantitative estimate of drug-likeness (QED) is 0.278. The molecule has 2 aromatic carbocycles. The number of alkyl halides is 3. The van der Waals surface area contributed by atoms with E-state index in [0.29, 0.717) is 18.0 Å². The number of rotatable bonds is 9. The van der Waals surface area contributed by atoms with Crippen molar-refractivity contribution in [2.45, 2.75) is 59.9 Å². The predicted octanol–water partition coefficient (Wildman–Crippen LogP) is 7.76. The number of aryl methyl sites for hydroxylation is 2. The number of likely N-dealkylation sites (N-methyl/N-ethyl adjacent to an activating group) is 1. The molecule has 2 atom stereocenters. The summed E-state index contributed by atoms with van der Waals surface area (Å²) in [4.78, 5) is 6.59. The number of hydrogen-bond donors (Lipinski definition) is 1. The zero-order valence-corrected chi connectivity index (χ0v) is 23.8. The van der Waals surface area contributed by atoms with Gasteiger partial charge in [0, 0.05) is 41.1 Å². The molecule has 3 rings (SSSR count). The van der Waals surface area contributed by atoms with Gasteiger partial charge < -0.3 is 19.7 Å². The van der Waals surface area contributed by atoms with Crippen molar-refractivity contribution in [2.24, 2.45) is 5.41 Å². The maximum Gasteiger partial charge on any atom is 0.419 e. The van der Waals surface area contributed by atoms with E-state index in [1.54, 1.807) is 7.11 Å². The molecular weight excluding hydrogens is 510 g/mol. The second kappa shape index (κ2) is 11.3. The molecule has 0 aliphatic carbocycles. The number of halogens is 4. The second-order valence-corrected chi connectivity index (χ2v) is 11.0. The molecule has 0 radical (unpaired) electrons. The smallest absolute Gasteiger partial charge is 0.419 e. The van der Waals surface area contributed by atoms with E-state index in [2.05, 4.69) is 16.9 Å². The van der Waals surface area contributed by atoms with Crippen molar-refractivity contribution in [2.75, 3.05) is 26.0 Å². The Labute approximate surface area is 227 Å². The minimum Gasteiger partial charge on any atom is -0.496 e. The summed E-state index contributed by atoms with van der Waals surface area (Å²) < 4.78 is 65.4. The van der Waals surface area contributed by atoms with Crippen LogP contribution in [-0.2, 0) is 6.18 Å². The third kappa shape index (κ3) is 6.94. The van der Waals surface area contributed by atoms with Crippen molar-refractivity contribution in [3.63, 3.8) is 0 Å². The van der Waals surface area contributed by atoms with Crippen LogP contribution in [0.1, 0.15) is 44.5 Å². The van der Waals surface area contributed by atoms with Crippen molar-refractivity contribution >= 4 is 16.6 Å². The molecule has 0 fully saturated rings. The number of benzene rings is 2. The zero-order chi connectivity index (χ0) is 29.3. The van der Waals surface area contributed by atoms with Crippen LogP contribution < -0.4 is 14.8 Å². The summed E-state index contributed by atoms with van der Waals surface area (Å²) in [7, 11) is 3.48. The Bertz CT molecular complexity index is 1350. The molecule has 0 saturated carbocycles. The number of pyridine rings is 1. The first-order valence-electron chi connectivity index (χ1n) is 12.7. The number of aromatic nitrogens is 1. The van der Waals surface area contributed by atoms with Gasteiger partial charge in [0.1, 0.15) is 23.4 Å². The van der Waals surface area contributed by atoms with Crippen molar-refractivity contribution < 1.29 is 27.0 Å². The lowest BCUT2D eigenvalue weighted by Gasteiger charge is -2.38. The highest BCUT2D eigenvalue weighted by Crippen LogP contribution is 2.36. The van der Waals surface area contributed by atoms with Crippen LogP contribution in [0.15, 0.2) is 48.7 Å². The van der Waals surface area contributed by atoms with Crippen LogP contribution in [0, 0.1) is 25.1 Å². The second-order valence-electron chi connectivity index (χ2n) is 11.0. The number of nitrogens with zero attached hydrogens (tertiary/aromatic N) is 2. The van der Waals surface area contributed by atoms with Gasteiger partial charge in [-0.25, -0.2) is 4.39 Å². The maximum atomic E-state index is 13.8. The Hall–Kier alpha value is -3.49. The van der Waals surface area contributed by atoms with Crippen LogP contribution in [0.25, 0.3) is 10.9 Å². The monoisotopic (exact) mass is 547 g/mol. The number of fused-ring (bicyclic) bond motifs is 1. The molecule has 1 heterocycles. The fourth-order valence-corrected chi connectivity index (χ4v) is 4.60. The molecular formula is C30H37F4N3O2. The lowest BCUT2D eigenvalue weighted by molar-refractivity contribution is -0.139. The van der Waals surface area contributed by atoms with E-state index >= 15 is 0 Å². The van der Waals surface area contributed by atoms with Crippen molar-refractivity contribution in [1.82, 2.24) is 9.88 Å². The first-order valence-corrected chi connectivity index (χ1v) is 12.7. The van der Waals surface area contributed by atoms with Crippen LogP contribution >= 0.6 is 0 Å². The lowest BCUT2D eigenvalue weighted by atomic mass is 9.84. The Morgan fingerprint density at radius 3 is 2.33 bits per heavy atom. The van der Waals surface area contributed by atoms with Gasteiger partial charge in [-0.2, -0.15) is 13.2 Å². The molecule has 0 saturated heterocycles. The highest BCUT2D eigenvalue weighted by atomic mass is 19.4. The third-order valence-electron chi connectivity index (χ3n) is 6.63. The molecule has 0 amide bonds. The largest absolute Gasteiger partial charge is 0.496 e. The van der Waals surface area contributed by atoms with Gasteiger partial charge in [0.15, 0.2) is 0 Å². The average molecular weight is 548 g/mol. The first-order chi connectivity index (χ1) is 18.0. The molecule has 0 bridgehead atoms. The van der Waals surface area contributed by atoms with Gasteiger partial charge in [-0.05, 0) is 56.5 Å². The van der Waals surface area contributed by atoms with E-state index in [0.717, 1.165) is 40.0 Å². The molecule has 1 N–H and O–H groups in total. The van der Waals surface area contributed by atoms with Crippen molar-refractivity contribution in [3.05, 3.63) is 71.3 Å². The van der Waals surface area contributed by atoms with Crippen molar-refractivity contribution in [1.29, 1.82) is 0 Å². The fraction of sp³-hybridized carbons (Fsp3) is 0.433. The number of ether oxygens (including phenoxy) is 2. The number of anilines is 1. The van der Waals surface area contributed by atoms with Gasteiger partial charge in [-0.3, -0.25) is 4.98 Å². The highest BCUT2D eigenvalue weighted by Gasteiger charge is 2.35. The Morgan fingerprint density at radius 2 is 1.74 bits per heavy atom. The molecule has 0 aliphatic heterocycles. The zero-order valence-electron chi connectivity index (χ0n) is 23.8. The molecule has 39 heavy (non-hydrogen) atoms. The first kappa shape index (κ1) is 30.1. The van der Waals surface area contributed by atoms with Crippen LogP contribution in [0.2, 0.25) is 0 Å². The van der Waals surface area contributed by atoms with Crippen LogP contribution in [0.3, 0.4) is 0 Å². The Morgan fingerprint density at radius 1 is 1.08 bits per heavy atom. The Balaban J connectivity index is 1.80. The average Bonchev–Trinajstić information content (AvgIpc) is 2.82. The molecule has 5 nitrogen and oxygen atoms in total. The summed E-state index contributed by atoms with van der Waals surface area (Å²) in [5, 5.41) is 4.02. The summed E-state index contributed by atoms with van der Waals surface area (Å²) in [6.07, 6.45) is -5.05. The van der Waals surface area contributed by atoms with E-state index in [-0.39, 0.29) is 11.8 Å². The summed E-state index contributed by atoms with van der Waals surface area (Å²) >= 11 is 0. The van der Waals surface area contributed by atoms with E-state index in [1.165, 1.54) is 6.07 Å². The van der Waals surface area contributed by atoms with Gasteiger partial charge in [0.05, 0.1) is 30.8 Å². The molecule has 212 valence electrons. The van der Waals surface area contributed by atoms with Gasteiger partial charge in [-0.1, -0.05) is 27.4 Å². The number of nitrogens with one attached hydrogen (secondary N) is 1. The molecule has 0 spiro atoms. The van der Waals surface area contributed by atoms with E-state index in [1.807, 2.05) is 71.7 Å². The van der Waals surface area contributed by atoms with E-state index in [9.17, 15) is 17.6 Å². The molecule has 1 aromatic heterocycles. The fourth-order valence-electron chi connectivity index (χ4n) is 4.60. The normalized spacial score (nSPS) is 13.6. The number of hydrogen-bond acceptors (Lipinski definition) is 5. The SMILES string of the molecule is C=C(C(Nc1ccc(F)c(C(F)(F)F)c1)C(C)(C)C)N(C)CC(C)Oc1cc(C)nc2c(C)c(OC)ccc12.